The minimum atomic E-state index is -3.90. The van der Waals surface area contributed by atoms with Gasteiger partial charge in [-0.15, -0.1) is 0 Å². The van der Waals surface area contributed by atoms with E-state index in [1.165, 1.54) is 26.3 Å². The maximum absolute atomic E-state index is 12.8. The molecule has 0 aromatic heterocycles. The maximum Gasteiger partial charge on any atom is 0.265 e. The van der Waals surface area contributed by atoms with E-state index in [2.05, 4.69) is 0 Å². The van der Waals surface area contributed by atoms with Gasteiger partial charge in [0.2, 0.25) is 0 Å². The van der Waals surface area contributed by atoms with Crippen LogP contribution >= 0.6 is 23.2 Å². The molecule has 126 valence electrons. The molecule has 2 aromatic carbocycles. The predicted molar refractivity (Wildman–Crippen MR) is 94.4 cm³/mol. The summed E-state index contributed by atoms with van der Waals surface area (Å²) in [5.74, 6) is 0.295. The van der Waals surface area contributed by atoms with Gasteiger partial charge in [-0.05, 0) is 29.8 Å². The second-order valence-electron chi connectivity index (χ2n) is 4.87. The Morgan fingerprint density at radius 1 is 1.12 bits per heavy atom. The number of nitriles is 1. The van der Waals surface area contributed by atoms with E-state index < -0.39 is 10.0 Å². The van der Waals surface area contributed by atoms with Gasteiger partial charge in [0, 0.05) is 7.05 Å². The first-order chi connectivity index (χ1) is 11.3. The summed E-state index contributed by atoms with van der Waals surface area (Å²) in [4.78, 5) is -0.112. The van der Waals surface area contributed by atoms with Crippen LogP contribution in [-0.4, -0.2) is 22.6 Å². The molecule has 8 heteroatoms. The van der Waals surface area contributed by atoms with E-state index in [0.29, 0.717) is 11.4 Å². The van der Waals surface area contributed by atoms with Crippen LogP contribution in [0.2, 0.25) is 10.0 Å². The molecule has 0 bridgehead atoms. The second kappa shape index (κ2) is 7.31. The Balaban J connectivity index is 2.43. The number of benzene rings is 2. The number of sulfonamides is 1. The molecule has 2 rings (SSSR count). The average molecular weight is 385 g/mol. The van der Waals surface area contributed by atoms with Crippen molar-refractivity contribution in [2.24, 2.45) is 0 Å². The fraction of sp³-hybridized carbons (Fsp3) is 0.188. The largest absolute Gasteiger partial charge is 0.495 e. The van der Waals surface area contributed by atoms with Gasteiger partial charge < -0.3 is 4.74 Å². The molecular formula is C16H14Cl2N2O3S. The summed E-state index contributed by atoms with van der Waals surface area (Å²) < 4.78 is 31.7. The van der Waals surface area contributed by atoms with Gasteiger partial charge in [-0.3, -0.25) is 4.31 Å². The average Bonchev–Trinajstić information content (AvgIpc) is 2.57. The van der Waals surface area contributed by atoms with E-state index in [1.807, 2.05) is 6.07 Å². The lowest BCUT2D eigenvalue weighted by molar-refractivity contribution is 0.414. The lowest BCUT2D eigenvalue weighted by Gasteiger charge is -2.21. The van der Waals surface area contributed by atoms with Gasteiger partial charge in [0.25, 0.3) is 10.0 Å². The van der Waals surface area contributed by atoms with Gasteiger partial charge in [0.1, 0.15) is 15.7 Å². The zero-order chi connectivity index (χ0) is 17.9. The molecule has 24 heavy (non-hydrogen) atoms. The molecular weight excluding hydrogens is 371 g/mol. The van der Waals surface area contributed by atoms with Gasteiger partial charge >= 0.3 is 0 Å². The van der Waals surface area contributed by atoms with Crippen LogP contribution in [0.15, 0.2) is 41.3 Å². The number of ether oxygens (including phenoxy) is 1. The van der Waals surface area contributed by atoms with Crippen LogP contribution < -0.4 is 9.04 Å². The van der Waals surface area contributed by atoms with Crippen molar-refractivity contribution in [1.29, 1.82) is 5.26 Å². The smallest absolute Gasteiger partial charge is 0.265 e. The van der Waals surface area contributed by atoms with Crippen molar-refractivity contribution in [3.8, 4) is 11.8 Å². The van der Waals surface area contributed by atoms with E-state index >= 15 is 0 Å². The molecule has 0 saturated carbocycles. The highest BCUT2D eigenvalue weighted by Gasteiger charge is 2.26. The first-order valence-electron chi connectivity index (χ1n) is 6.79. The highest BCUT2D eigenvalue weighted by atomic mass is 35.5. The topological polar surface area (TPSA) is 70.4 Å². The maximum atomic E-state index is 12.8. The van der Waals surface area contributed by atoms with Crippen LogP contribution in [0.4, 0.5) is 5.69 Å². The van der Waals surface area contributed by atoms with Crippen molar-refractivity contribution in [3.63, 3.8) is 0 Å². The van der Waals surface area contributed by atoms with Crippen LogP contribution in [-0.2, 0) is 16.4 Å². The van der Waals surface area contributed by atoms with Gasteiger partial charge in [-0.1, -0.05) is 35.3 Å². The van der Waals surface area contributed by atoms with Gasteiger partial charge in [-0.25, -0.2) is 8.42 Å². The molecule has 0 aliphatic rings. The fourth-order valence-corrected chi connectivity index (χ4v) is 4.08. The van der Waals surface area contributed by atoms with Crippen molar-refractivity contribution >= 4 is 38.9 Å². The number of rotatable bonds is 5. The molecule has 0 amide bonds. The van der Waals surface area contributed by atoms with Crippen LogP contribution in [0, 0.1) is 11.3 Å². The Hall–Kier alpha value is -1.94. The number of halogens is 2. The normalized spacial score (nSPS) is 11.0. The van der Waals surface area contributed by atoms with Crippen molar-refractivity contribution in [2.45, 2.75) is 11.3 Å². The highest BCUT2D eigenvalue weighted by molar-refractivity contribution is 7.93. The quantitative estimate of drug-likeness (QED) is 0.783. The van der Waals surface area contributed by atoms with Crippen molar-refractivity contribution in [1.82, 2.24) is 0 Å². The second-order valence-corrected chi connectivity index (χ2v) is 7.56. The highest BCUT2D eigenvalue weighted by Crippen LogP contribution is 2.38. The first kappa shape index (κ1) is 18.4. The van der Waals surface area contributed by atoms with Crippen LogP contribution in [0.3, 0.4) is 0 Å². The number of anilines is 1. The lowest BCUT2D eigenvalue weighted by atomic mass is 10.1. The summed E-state index contributed by atoms with van der Waals surface area (Å²) in [6, 6.07) is 11.5. The van der Waals surface area contributed by atoms with E-state index in [-0.39, 0.29) is 21.4 Å². The Morgan fingerprint density at radius 3 is 2.29 bits per heavy atom. The molecule has 0 fully saturated rings. The molecule has 5 nitrogen and oxygen atoms in total. The third kappa shape index (κ3) is 3.44. The molecule has 0 N–H and O–H groups in total. The Morgan fingerprint density at radius 2 is 1.75 bits per heavy atom. The Labute approximate surface area is 151 Å². The Kier molecular flexibility index (Phi) is 5.60. The monoisotopic (exact) mass is 384 g/mol. The molecule has 0 aliphatic carbocycles. The molecule has 0 aliphatic heterocycles. The van der Waals surface area contributed by atoms with Gasteiger partial charge in [-0.2, -0.15) is 5.26 Å². The first-order valence-corrected chi connectivity index (χ1v) is 8.99. The standard InChI is InChI=1S/C16H14Cl2N2O3S/c1-20(12-5-3-11(4-6-12)9-10-19)24(21,22)14-8-7-13(23-2)15(17)16(14)18/h3-8H,9H2,1-2H3. The number of hydrogen-bond donors (Lipinski definition) is 0. The summed E-state index contributed by atoms with van der Waals surface area (Å²) in [5, 5.41) is 8.63. The summed E-state index contributed by atoms with van der Waals surface area (Å²) >= 11 is 12.1. The van der Waals surface area contributed by atoms with E-state index in [1.54, 1.807) is 24.3 Å². The lowest BCUT2D eigenvalue weighted by Crippen LogP contribution is -2.26. The third-order valence-corrected chi connectivity index (χ3v) is 6.26. The Bertz CT molecular complexity index is 891. The van der Waals surface area contributed by atoms with Crippen molar-refractivity contribution in [2.75, 3.05) is 18.5 Å². The van der Waals surface area contributed by atoms with E-state index in [0.717, 1.165) is 9.87 Å². The van der Waals surface area contributed by atoms with Crippen LogP contribution in [0.5, 0.6) is 5.75 Å². The van der Waals surface area contributed by atoms with Crippen molar-refractivity contribution < 1.29 is 13.2 Å². The van der Waals surface area contributed by atoms with E-state index in [4.69, 9.17) is 33.2 Å². The summed E-state index contributed by atoms with van der Waals surface area (Å²) in [6.07, 6.45) is 0.261. The molecule has 0 radical (unpaired) electrons. The zero-order valence-corrected chi connectivity index (χ0v) is 15.3. The SMILES string of the molecule is COc1ccc(S(=O)(=O)N(C)c2ccc(CC#N)cc2)c(Cl)c1Cl. The number of nitrogens with zero attached hydrogens (tertiary/aromatic N) is 2. The summed E-state index contributed by atoms with van der Waals surface area (Å²) in [5.41, 5.74) is 1.25. The number of hydrogen-bond acceptors (Lipinski definition) is 4. The predicted octanol–water partition coefficient (Wildman–Crippen LogP) is 3.89. The van der Waals surface area contributed by atoms with Crippen LogP contribution in [0.25, 0.3) is 0 Å². The molecule has 0 spiro atoms. The zero-order valence-electron chi connectivity index (χ0n) is 13.0. The molecule has 0 atom stereocenters. The summed E-state index contributed by atoms with van der Waals surface area (Å²) in [7, 11) is -1.06. The van der Waals surface area contributed by atoms with Crippen LogP contribution in [0.1, 0.15) is 5.56 Å². The molecule has 0 unspecified atom stereocenters. The summed E-state index contributed by atoms with van der Waals surface area (Å²) in [6.45, 7) is 0. The van der Waals surface area contributed by atoms with Crippen molar-refractivity contribution in [3.05, 3.63) is 52.0 Å². The molecule has 0 heterocycles. The van der Waals surface area contributed by atoms with Gasteiger partial charge in [0.05, 0.1) is 30.3 Å². The molecule has 2 aromatic rings. The minimum absolute atomic E-state index is 0.0398. The van der Waals surface area contributed by atoms with E-state index in [9.17, 15) is 8.42 Å². The minimum Gasteiger partial charge on any atom is -0.495 e. The third-order valence-electron chi connectivity index (χ3n) is 3.45. The number of methoxy groups -OCH3 is 1. The molecule has 0 saturated heterocycles. The van der Waals surface area contributed by atoms with Gasteiger partial charge in [0.15, 0.2) is 0 Å². The fourth-order valence-electron chi connectivity index (χ4n) is 2.07.